The predicted octanol–water partition coefficient (Wildman–Crippen LogP) is 5.29. The van der Waals surface area contributed by atoms with E-state index < -0.39 is 19.3 Å². The lowest BCUT2D eigenvalue weighted by molar-refractivity contribution is -0.139. The van der Waals surface area contributed by atoms with Crippen LogP contribution in [0.25, 0.3) is 10.8 Å². The summed E-state index contributed by atoms with van der Waals surface area (Å²) in [6.45, 7) is 2.02. The SMILES string of the molecule is CCCCC(C(=O)O)c1cc(P(=O)(O)Cc2ccccc2)cc2ccccc12. The van der Waals surface area contributed by atoms with E-state index in [9.17, 15) is 19.4 Å². The van der Waals surface area contributed by atoms with Crippen molar-refractivity contribution in [2.75, 3.05) is 0 Å². The van der Waals surface area contributed by atoms with Gasteiger partial charge in [0.1, 0.15) is 0 Å². The van der Waals surface area contributed by atoms with E-state index in [0.29, 0.717) is 17.3 Å². The molecule has 0 aliphatic rings. The first-order valence-electron chi connectivity index (χ1n) is 9.54. The highest BCUT2D eigenvalue weighted by molar-refractivity contribution is 7.65. The minimum Gasteiger partial charge on any atom is -0.481 e. The van der Waals surface area contributed by atoms with Gasteiger partial charge in [-0.3, -0.25) is 9.36 Å². The Kier molecular flexibility index (Phi) is 6.33. The van der Waals surface area contributed by atoms with E-state index >= 15 is 0 Å². The molecule has 3 aromatic rings. The van der Waals surface area contributed by atoms with Crippen LogP contribution in [0.5, 0.6) is 0 Å². The zero-order valence-electron chi connectivity index (χ0n) is 15.9. The summed E-state index contributed by atoms with van der Waals surface area (Å²) in [5.41, 5.74) is 1.40. The van der Waals surface area contributed by atoms with Gasteiger partial charge < -0.3 is 10.00 Å². The van der Waals surface area contributed by atoms with Gasteiger partial charge in [-0.2, -0.15) is 0 Å². The number of hydrogen-bond donors (Lipinski definition) is 2. The van der Waals surface area contributed by atoms with Crippen LogP contribution in [0.15, 0.2) is 66.7 Å². The molecule has 0 heterocycles. The summed E-state index contributed by atoms with van der Waals surface area (Å²) < 4.78 is 13.2. The molecule has 0 saturated heterocycles. The molecule has 0 saturated carbocycles. The van der Waals surface area contributed by atoms with Gasteiger partial charge in [0.2, 0.25) is 7.37 Å². The lowest BCUT2D eigenvalue weighted by atomic mass is 9.89. The Morgan fingerprint density at radius 2 is 1.71 bits per heavy atom. The molecule has 28 heavy (non-hydrogen) atoms. The molecule has 5 heteroatoms. The average molecular weight is 396 g/mol. The Balaban J connectivity index is 2.11. The van der Waals surface area contributed by atoms with E-state index in [4.69, 9.17) is 0 Å². The van der Waals surface area contributed by atoms with Crippen molar-refractivity contribution < 1.29 is 19.4 Å². The fourth-order valence-corrected chi connectivity index (χ4v) is 5.13. The summed E-state index contributed by atoms with van der Waals surface area (Å²) in [6.07, 6.45) is 2.22. The fourth-order valence-electron chi connectivity index (χ4n) is 3.56. The smallest absolute Gasteiger partial charge is 0.310 e. The second kappa shape index (κ2) is 8.72. The molecule has 0 radical (unpaired) electrons. The molecule has 0 aliphatic heterocycles. The Bertz CT molecular complexity index is 1010. The molecule has 2 N–H and O–H groups in total. The highest BCUT2D eigenvalue weighted by Gasteiger charge is 2.27. The Hall–Kier alpha value is -2.42. The number of benzene rings is 3. The molecule has 0 aliphatic carbocycles. The van der Waals surface area contributed by atoms with Crippen molar-refractivity contribution in [2.45, 2.75) is 38.3 Å². The Morgan fingerprint density at radius 3 is 2.39 bits per heavy atom. The molecule has 2 atom stereocenters. The van der Waals surface area contributed by atoms with Crippen molar-refractivity contribution in [3.05, 3.63) is 77.9 Å². The molecule has 0 fully saturated rings. The Morgan fingerprint density at radius 1 is 1.04 bits per heavy atom. The number of carboxylic acids is 1. The summed E-state index contributed by atoms with van der Waals surface area (Å²) in [7, 11) is -3.69. The quantitative estimate of drug-likeness (QED) is 0.507. The van der Waals surface area contributed by atoms with Gasteiger partial charge in [-0.1, -0.05) is 74.4 Å². The fraction of sp³-hybridized carbons (Fsp3) is 0.261. The molecular weight excluding hydrogens is 371 g/mol. The van der Waals surface area contributed by atoms with Crippen molar-refractivity contribution in [3.63, 3.8) is 0 Å². The van der Waals surface area contributed by atoms with Crippen molar-refractivity contribution in [1.82, 2.24) is 0 Å². The van der Waals surface area contributed by atoms with Gasteiger partial charge in [-0.05, 0) is 40.5 Å². The highest BCUT2D eigenvalue weighted by atomic mass is 31.2. The molecule has 0 amide bonds. The van der Waals surface area contributed by atoms with Crippen LogP contribution in [0.2, 0.25) is 0 Å². The minimum absolute atomic E-state index is 0.0261. The second-order valence-electron chi connectivity index (χ2n) is 7.13. The van der Waals surface area contributed by atoms with Crippen LogP contribution >= 0.6 is 7.37 Å². The molecule has 146 valence electrons. The van der Waals surface area contributed by atoms with Crippen LogP contribution in [0.3, 0.4) is 0 Å². The van der Waals surface area contributed by atoms with E-state index in [0.717, 1.165) is 29.2 Å². The van der Waals surface area contributed by atoms with Gasteiger partial charge in [0.15, 0.2) is 0 Å². The second-order valence-corrected chi connectivity index (χ2v) is 9.37. The predicted molar refractivity (Wildman–Crippen MR) is 113 cm³/mol. The van der Waals surface area contributed by atoms with E-state index in [1.54, 1.807) is 12.1 Å². The number of aliphatic carboxylic acids is 1. The van der Waals surface area contributed by atoms with Crippen LogP contribution in [0.1, 0.15) is 43.2 Å². The van der Waals surface area contributed by atoms with Gasteiger partial charge in [-0.25, -0.2) is 0 Å². The van der Waals surface area contributed by atoms with E-state index in [1.165, 1.54) is 0 Å². The van der Waals surface area contributed by atoms with Crippen molar-refractivity contribution in [2.24, 2.45) is 0 Å². The molecule has 3 aromatic carbocycles. The van der Waals surface area contributed by atoms with Crippen LogP contribution in [-0.4, -0.2) is 16.0 Å². The molecule has 0 aromatic heterocycles. The van der Waals surface area contributed by atoms with E-state index in [-0.39, 0.29) is 6.16 Å². The zero-order valence-corrected chi connectivity index (χ0v) is 16.8. The third kappa shape index (κ3) is 4.52. The minimum atomic E-state index is -3.69. The summed E-state index contributed by atoms with van der Waals surface area (Å²) in [4.78, 5) is 22.8. The first kappa shape index (κ1) is 20.3. The summed E-state index contributed by atoms with van der Waals surface area (Å²) in [6, 6.07) is 20.0. The molecule has 2 unspecified atom stereocenters. The van der Waals surface area contributed by atoms with Gasteiger partial charge in [-0.15, -0.1) is 0 Å². The monoisotopic (exact) mass is 396 g/mol. The summed E-state index contributed by atoms with van der Waals surface area (Å²) in [5.74, 6) is -1.59. The molecular formula is C23H25O4P. The van der Waals surface area contributed by atoms with Gasteiger partial charge >= 0.3 is 5.97 Å². The molecule has 0 bridgehead atoms. The maximum Gasteiger partial charge on any atom is 0.310 e. The van der Waals surface area contributed by atoms with E-state index in [2.05, 4.69) is 0 Å². The standard InChI is InChI=1S/C23H25O4P/c1-2-3-12-21(23(24)25)22-15-19(14-18-11-7-8-13-20(18)22)28(26,27)16-17-9-5-4-6-10-17/h4-11,13-15,21H,2-3,12,16H2,1H3,(H,24,25)(H,26,27). The van der Waals surface area contributed by atoms with Crippen LogP contribution < -0.4 is 5.30 Å². The maximum absolute atomic E-state index is 13.2. The largest absolute Gasteiger partial charge is 0.481 e. The number of rotatable bonds is 8. The third-order valence-electron chi connectivity index (χ3n) is 5.04. The maximum atomic E-state index is 13.2. The van der Waals surface area contributed by atoms with Crippen LogP contribution in [0.4, 0.5) is 0 Å². The van der Waals surface area contributed by atoms with Crippen molar-refractivity contribution in [3.8, 4) is 0 Å². The number of unbranched alkanes of at least 4 members (excludes halogenated alkanes) is 1. The molecule has 0 spiro atoms. The highest BCUT2D eigenvalue weighted by Crippen LogP contribution is 2.45. The Labute approximate surface area is 165 Å². The number of carboxylic acid groups (broad SMARTS) is 1. The summed E-state index contributed by atoms with van der Waals surface area (Å²) >= 11 is 0. The average Bonchev–Trinajstić information content (AvgIpc) is 2.68. The lowest BCUT2D eigenvalue weighted by Crippen LogP contribution is -2.16. The van der Waals surface area contributed by atoms with Crippen LogP contribution in [-0.2, 0) is 15.5 Å². The van der Waals surface area contributed by atoms with Gasteiger partial charge in [0.25, 0.3) is 0 Å². The first-order valence-corrected chi connectivity index (χ1v) is 11.4. The van der Waals surface area contributed by atoms with Crippen molar-refractivity contribution in [1.29, 1.82) is 0 Å². The topological polar surface area (TPSA) is 74.6 Å². The zero-order chi connectivity index (χ0) is 20.1. The third-order valence-corrected chi connectivity index (χ3v) is 6.90. The van der Waals surface area contributed by atoms with Crippen molar-refractivity contribution >= 4 is 29.4 Å². The van der Waals surface area contributed by atoms with Gasteiger partial charge in [0, 0.05) is 5.30 Å². The number of hydrogen-bond acceptors (Lipinski definition) is 2. The number of carbonyl (C=O) groups is 1. The number of fused-ring (bicyclic) bond motifs is 1. The lowest BCUT2D eigenvalue weighted by Gasteiger charge is -2.19. The van der Waals surface area contributed by atoms with E-state index in [1.807, 2.05) is 61.5 Å². The first-order chi connectivity index (χ1) is 13.4. The molecule has 4 nitrogen and oxygen atoms in total. The van der Waals surface area contributed by atoms with Gasteiger partial charge in [0.05, 0.1) is 12.1 Å². The summed E-state index contributed by atoms with van der Waals surface area (Å²) in [5, 5.41) is 11.7. The van der Waals surface area contributed by atoms with Crippen LogP contribution in [0, 0.1) is 0 Å². The molecule has 3 rings (SSSR count). The normalized spacial score (nSPS) is 14.5.